The Morgan fingerprint density at radius 2 is 2.10 bits per heavy atom. The van der Waals surface area contributed by atoms with Crippen molar-refractivity contribution in [3.05, 3.63) is 23.3 Å². The quantitative estimate of drug-likeness (QED) is 0.634. The topological polar surface area (TPSA) is 79.9 Å². The van der Waals surface area contributed by atoms with Crippen molar-refractivity contribution in [1.82, 2.24) is 10.6 Å². The van der Waals surface area contributed by atoms with Crippen molar-refractivity contribution in [2.75, 3.05) is 38.3 Å². The molecule has 1 aromatic rings. The number of halogens is 3. The minimum Gasteiger partial charge on any atom is -0.476 e. The van der Waals surface area contributed by atoms with Gasteiger partial charge in [0.15, 0.2) is 5.60 Å². The predicted octanol–water partition coefficient (Wildman–Crippen LogP) is 2.73. The van der Waals surface area contributed by atoms with Gasteiger partial charge in [-0.3, -0.25) is 9.59 Å². The van der Waals surface area contributed by atoms with E-state index in [1.165, 1.54) is 18.7 Å². The average Bonchev–Trinajstić information content (AvgIpc) is 3.19. The third-order valence-corrected chi connectivity index (χ3v) is 5.44. The van der Waals surface area contributed by atoms with Crippen LogP contribution in [0.25, 0.3) is 0 Å². The second kappa shape index (κ2) is 9.04. The van der Waals surface area contributed by atoms with Crippen molar-refractivity contribution < 1.29 is 32.2 Å². The number of amides is 2. The molecule has 7 nitrogen and oxygen atoms in total. The lowest BCUT2D eigenvalue weighted by Gasteiger charge is -2.39. The molecule has 2 N–H and O–H groups in total. The number of unbranched alkanes of at least 4 members (excludes halogenated alkanes) is 1. The molecule has 1 unspecified atom stereocenters. The third-order valence-electron chi connectivity index (χ3n) is 5.44. The van der Waals surface area contributed by atoms with Gasteiger partial charge in [-0.2, -0.15) is 13.2 Å². The highest BCUT2D eigenvalue weighted by Crippen LogP contribution is 2.44. The first-order valence-electron chi connectivity index (χ1n) is 10.3. The summed E-state index contributed by atoms with van der Waals surface area (Å²) in [5.74, 6) is -1.26. The zero-order chi connectivity index (χ0) is 22.8. The van der Waals surface area contributed by atoms with E-state index in [0.29, 0.717) is 39.0 Å². The van der Waals surface area contributed by atoms with Crippen LogP contribution in [0.5, 0.6) is 5.75 Å². The van der Waals surface area contributed by atoms with Gasteiger partial charge < -0.3 is 25.0 Å². The van der Waals surface area contributed by atoms with Gasteiger partial charge in [0.2, 0.25) is 0 Å². The van der Waals surface area contributed by atoms with Crippen molar-refractivity contribution in [2.45, 2.75) is 50.9 Å². The van der Waals surface area contributed by atoms with Crippen molar-refractivity contribution in [3.63, 3.8) is 0 Å². The van der Waals surface area contributed by atoms with Crippen LogP contribution < -0.4 is 20.3 Å². The summed E-state index contributed by atoms with van der Waals surface area (Å²) in [6.45, 7) is 5.00. The average molecular weight is 443 g/mol. The van der Waals surface area contributed by atoms with E-state index in [1.807, 2.05) is 0 Å². The SMILES string of the molecule is COCCCCN1C(=O)C(C)(C)Oc2cc(C(F)(F)F)c(C(=O)NC3CCNC3)cc21. The van der Waals surface area contributed by atoms with Crippen LogP contribution in [0.4, 0.5) is 18.9 Å². The molecule has 0 saturated carbocycles. The van der Waals surface area contributed by atoms with Gasteiger partial charge >= 0.3 is 6.18 Å². The largest absolute Gasteiger partial charge is 0.476 e. The number of alkyl halides is 3. The van der Waals surface area contributed by atoms with Gasteiger partial charge in [0.05, 0.1) is 16.8 Å². The summed E-state index contributed by atoms with van der Waals surface area (Å²) in [5, 5.41) is 5.71. The van der Waals surface area contributed by atoms with Crippen LogP contribution in [0.3, 0.4) is 0 Å². The molecule has 2 amide bonds. The summed E-state index contributed by atoms with van der Waals surface area (Å²) in [7, 11) is 1.57. The van der Waals surface area contributed by atoms with E-state index in [0.717, 1.165) is 12.1 Å². The van der Waals surface area contributed by atoms with Crippen molar-refractivity contribution in [3.8, 4) is 5.75 Å². The molecule has 0 aliphatic carbocycles. The van der Waals surface area contributed by atoms with E-state index in [4.69, 9.17) is 9.47 Å². The molecule has 0 bridgehead atoms. The van der Waals surface area contributed by atoms with Gasteiger partial charge in [0.1, 0.15) is 5.75 Å². The molecule has 172 valence electrons. The molecule has 1 atom stereocenters. The normalized spacial score (nSPS) is 20.4. The maximum absolute atomic E-state index is 13.8. The summed E-state index contributed by atoms with van der Waals surface area (Å²) >= 11 is 0. The Kier molecular flexibility index (Phi) is 6.80. The number of anilines is 1. The number of hydrogen-bond donors (Lipinski definition) is 2. The summed E-state index contributed by atoms with van der Waals surface area (Å²) in [6, 6.07) is 1.71. The molecule has 1 saturated heterocycles. The Morgan fingerprint density at radius 3 is 2.71 bits per heavy atom. The minimum absolute atomic E-state index is 0.0669. The van der Waals surface area contributed by atoms with Gasteiger partial charge in [-0.15, -0.1) is 0 Å². The fourth-order valence-corrected chi connectivity index (χ4v) is 3.82. The highest BCUT2D eigenvalue weighted by Gasteiger charge is 2.44. The number of carbonyl (C=O) groups excluding carboxylic acids is 2. The number of hydrogen-bond acceptors (Lipinski definition) is 5. The molecule has 0 aromatic heterocycles. The van der Waals surface area contributed by atoms with Crippen molar-refractivity contribution in [1.29, 1.82) is 0 Å². The molecular weight excluding hydrogens is 415 g/mol. The van der Waals surface area contributed by atoms with E-state index in [-0.39, 0.29) is 29.9 Å². The van der Waals surface area contributed by atoms with Crippen LogP contribution in [-0.2, 0) is 15.7 Å². The van der Waals surface area contributed by atoms with E-state index >= 15 is 0 Å². The minimum atomic E-state index is -4.76. The molecule has 2 heterocycles. The number of carbonyl (C=O) groups is 2. The van der Waals surface area contributed by atoms with Crippen LogP contribution in [0, 0.1) is 0 Å². The number of ether oxygens (including phenoxy) is 2. The number of methoxy groups -OCH3 is 1. The predicted molar refractivity (Wildman–Crippen MR) is 108 cm³/mol. The van der Waals surface area contributed by atoms with Crippen LogP contribution >= 0.6 is 0 Å². The third kappa shape index (κ3) is 5.12. The maximum atomic E-state index is 13.8. The Hall–Kier alpha value is -2.33. The Bertz CT molecular complexity index is 836. The number of fused-ring (bicyclic) bond motifs is 1. The van der Waals surface area contributed by atoms with Crippen molar-refractivity contribution in [2.24, 2.45) is 0 Å². The van der Waals surface area contributed by atoms with Gasteiger partial charge in [-0.1, -0.05) is 0 Å². The Balaban J connectivity index is 2.01. The Morgan fingerprint density at radius 1 is 1.35 bits per heavy atom. The lowest BCUT2D eigenvalue weighted by Crippen LogP contribution is -2.53. The lowest BCUT2D eigenvalue weighted by atomic mass is 9.98. The molecule has 2 aliphatic heterocycles. The molecule has 31 heavy (non-hydrogen) atoms. The van der Waals surface area contributed by atoms with Crippen LogP contribution in [-0.4, -0.2) is 56.8 Å². The first-order valence-corrected chi connectivity index (χ1v) is 10.3. The standard InChI is InChI=1S/C21H28F3N3O4/c1-20(2)19(29)27(8-4-5-9-30-3)16-10-14(18(28)26-13-6-7-25-12-13)15(21(22,23)24)11-17(16)31-20/h10-11,13,25H,4-9,12H2,1-3H3,(H,26,28). The van der Waals surface area contributed by atoms with E-state index < -0.39 is 28.8 Å². The summed E-state index contributed by atoms with van der Waals surface area (Å²) < 4.78 is 52.1. The molecule has 2 aliphatic rings. The molecule has 1 aromatic carbocycles. The molecule has 0 radical (unpaired) electrons. The first kappa shape index (κ1) is 23.3. The second-order valence-corrected chi connectivity index (χ2v) is 8.30. The zero-order valence-corrected chi connectivity index (χ0v) is 17.9. The van der Waals surface area contributed by atoms with Crippen LogP contribution in [0.15, 0.2) is 12.1 Å². The summed E-state index contributed by atoms with van der Waals surface area (Å²) in [4.78, 5) is 27.1. The van der Waals surface area contributed by atoms with E-state index in [2.05, 4.69) is 10.6 Å². The molecule has 3 rings (SSSR count). The van der Waals surface area contributed by atoms with Gasteiger partial charge in [-0.25, -0.2) is 0 Å². The zero-order valence-electron chi connectivity index (χ0n) is 17.9. The first-order chi connectivity index (χ1) is 14.5. The van der Waals surface area contributed by atoms with Crippen molar-refractivity contribution >= 4 is 17.5 Å². The monoisotopic (exact) mass is 443 g/mol. The van der Waals surface area contributed by atoms with Gasteiger partial charge in [-0.05, 0) is 51.8 Å². The van der Waals surface area contributed by atoms with Crippen LogP contribution in [0.1, 0.15) is 49.0 Å². The molecule has 1 fully saturated rings. The summed E-state index contributed by atoms with van der Waals surface area (Å²) in [6.07, 6.45) is -2.85. The maximum Gasteiger partial charge on any atom is 0.417 e. The summed E-state index contributed by atoms with van der Waals surface area (Å²) in [5.41, 5.74) is -2.75. The fraction of sp³-hybridized carbons (Fsp3) is 0.619. The van der Waals surface area contributed by atoms with E-state index in [9.17, 15) is 22.8 Å². The van der Waals surface area contributed by atoms with Gasteiger partial charge in [0.25, 0.3) is 11.8 Å². The highest BCUT2D eigenvalue weighted by molar-refractivity contribution is 6.05. The smallest absolute Gasteiger partial charge is 0.417 e. The second-order valence-electron chi connectivity index (χ2n) is 8.30. The van der Waals surface area contributed by atoms with Crippen LogP contribution in [0.2, 0.25) is 0 Å². The highest BCUT2D eigenvalue weighted by atomic mass is 19.4. The molecular formula is C21H28F3N3O4. The number of nitrogens with zero attached hydrogens (tertiary/aromatic N) is 1. The Labute approximate surface area is 179 Å². The molecule has 0 spiro atoms. The fourth-order valence-electron chi connectivity index (χ4n) is 3.82. The number of nitrogens with one attached hydrogen (secondary N) is 2. The van der Waals surface area contributed by atoms with E-state index in [1.54, 1.807) is 7.11 Å². The van der Waals surface area contributed by atoms with Gasteiger partial charge in [0, 0.05) is 32.8 Å². The molecule has 10 heteroatoms. The number of rotatable bonds is 7. The lowest BCUT2D eigenvalue weighted by molar-refractivity contribution is -0.138. The number of benzene rings is 1.